The molecule has 0 spiro atoms. The van der Waals surface area contributed by atoms with Gasteiger partial charge in [0.1, 0.15) is 0 Å². The quantitative estimate of drug-likeness (QED) is 0.803. The van der Waals surface area contributed by atoms with E-state index in [4.69, 9.17) is 11.6 Å². The van der Waals surface area contributed by atoms with Crippen molar-refractivity contribution in [1.82, 2.24) is 5.32 Å². The summed E-state index contributed by atoms with van der Waals surface area (Å²) < 4.78 is 0.860. The summed E-state index contributed by atoms with van der Waals surface area (Å²) >= 11 is 9.60. The van der Waals surface area contributed by atoms with Gasteiger partial charge >= 0.3 is 0 Å². The van der Waals surface area contributed by atoms with Crippen LogP contribution in [0.5, 0.6) is 0 Å². The summed E-state index contributed by atoms with van der Waals surface area (Å²) in [5.74, 6) is 0. The summed E-state index contributed by atoms with van der Waals surface area (Å²) in [7, 11) is 0. The maximum absolute atomic E-state index is 6.06. The monoisotopic (exact) mass is 299 g/mol. The first-order valence-corrected chi connectivity index (χ1v) is 8.18. The number of nitrogens with one attached hydrogen (secondary N) is 1. The second-order valence-corrected chi connectivity index (χ2v) is 7.45. The molecule has 0 radical (unpaired) electrons. The molecule has 0 aromatic carbocycles. The maximum atomic E-state index is 6.06. The lowest BCUT2D eigenvalue weighted by Crippen LogP contribution is -2.21. The van der Waals surface area contributed by atoms with Gasteiger partial charge < -0.3 is 5.32 Å². The van der Waals surface area contributed by atoms with Crippen LogP contribution in [0.1, 0.15) is 39.6 Å². The Morgan fingerprint density at radius 1 is 1.22 bits per heavy atom. The van der Waals surface area contributed by atoms with Gasteiger partial charge in [-0.3, -0.25) is 0 Å². The van der Waals surface area contributed by atoms with Crippen molar-refractivity contribution in [2.24, 2.45) is 0 Å². The summed E-state index contributed by atoms with van der Waals surface area (Å²) in [4.78, 5) is 4.09. The number of halogens is 1. The van der Waals surface area contributed by atoms with Gasteiger partial charge in [0.15, 0.2) is 0 Å². The van der Waals surface area contributed by atoms with E-state index < -0.39 is 0 Å². The molecule has 0 aliphatic carbocycles. The molecule has 2 heterocycles. The predicted molar refractivity (Wildman–Crippen MR) is 83.3 cm³/mol. The first-order valence-electron chi connectivity index (χ1n) is 6.17. The van der Waals surface area contributed by atoms with Gasteiger partial charge in [-0.05, 0) is 50.6 Å². The number of hydrogen-bond donors (Lipinski definition) is 1. The molecule has 1 nitrogen and oxygen atoms in total. The number of hydrogen-bond acceptors (Lipinski definition) is 3. The van der Waals surface area contributed by atoms with E-state index in [1.165, 1.54) is 20.2 Å². The molecule has 98 valence electrons. The van der Waals surface area contributed by atoms with Crippen molar-refractivity contribution in [3.63, 3.8) is 0 Å². The van der Waals surface area contributed by atoms with Crippen LogP contribution in [0.2, 0.25) is 4.34 Å². The van der Waals surface area contributed by atoms with Gasteiger partial charge in [0, 0.05) is 14.6 Å². The predicted octanol–water partition coefficient (Wildman–Crippen LogP) is 5.17. The Morgan fingerprint density at radius 3 is 2.50 bits per heavy atom. The summed E-state index contributed by atoms with van der Waals surface area (Å²) in [5, 5.41) is 3.62. The molecule has 2 rings (SSSR count). The fraction of sp³-hybridized carbons (Fsp3) is 0.429. The van der Waals surface area contributed by atoms with E-state index in [-0.39, 0.29) is 0 Å². The first kappa shape index (κ1) is 14.1. The lowest BCUT2D eigenvalue weighted by Gasteiger charge is -2.15. The molecule has 2 aromatic heterocycles. The second-order valence-electron chi connectivity index (χ2n) is 4.42. The van der Waals surface area contributed by atoms with Gasteiger partial charge in [-0.25, -0.2) is 0 Å². The van der Waals surface area contributed by atoms with Crippen molar-refractivity contribution in [3.05, 3.63) is 42.7 Å². The van der Waals surface area contributed by atoms with Crippen LogP contribution in [-0.4, -0.2) is 6.54 Å². The Morgan fingerprint density at radius 2 is 2.00 bits per heavy atom. The van der Waals surface area contributed by atoms with Crippen molar-refractivity contribution < 1.29 is 0 Å². The zero-order valence-corrected chi connectivity index (χ0v) is 13.3. The van der Waals surface area contributed by atoms with Crippen LogP contribution >= 0.6 is 34.3 Å². The van der Waals surface area contributed by atoms with Crippen LogP contribution in [0.25, 0.3) is 0 Å². The lowest BCUT2D eigenvalue weighted by molar-refractivity contribution is 0.613. The minimum Gasteiger partial charge on any atom is -0.305 e. The average molecular weight is 300 g/mol. The molecule has 2 aromatic rings. The van der Waals surface area contributed by atoms with Crippen LogP contribution in [-0.2, 0) is 0 Å². The van der Waals surface area contributed by atoms with E-state index in [1.54, 1.807) is 11.3 Å². The standard InChI is InChI=1S/C14H18ClNS2/c1-4-7-16-14(11-5-6-13(15)18-11)12-8-9(2)10(3)17-12/h5-6,8,14,16H,4,7H2,1-3H3. The van der Waals surface area contributed by atoms with Crippen LogP contribution in [0.4, 0.5) is 0 Å². The van der Waals surface area contributed by atoms with Crippen LogP contribution in [0.3, 0.4) is 0 Å². The van der Waals surface area contributed by atoms with E-state index in [0.29, 0.717) is 6.04 Å². The van der Waals surface area contributed by atoms with Crippen molar-refractivity contribution in [2.75, 3.05) is 6.54 Å². The Kier molecular flexibility index (Phi) is 4.84. The molecule has 1 N–H and O–H groups in total. The number of thiophene rings is 2. The minimum absolute atomic E-state index is 0.292. The normalized spacial score (nSPS) is 12.9. The van der Waals surface area contributed by atoms with Crippen molar-refractivity contribution in [1.29, 1.82) is 0 Å². The lowest BCUT2D eigenvalue weighted by atomic mass is 10.1. The number of aryl methyl sites for hydroxylation is 2. The molecule has 0 saturated carbocycles. The highest BCUT2D eigenvalue weighted by Crippen LogP contribution is 2.35. The highest BCUT2D eigenvalue weighted by molar-refractivity contribution is 7.16. The van der Waals surface area contributed by atoms with Gasteiger partial charge in [-0.15, -0.1) is 22.7 Å². The minimum atomic E-state index is 0.292. The molecule has 0 fully saturated rings. The third kappa shape index (κ3) is 3.15. The Bertz CT molecular complexity index is 496. The van der Waals surface area contributed by atoms with Crippen molar-refractivity contribution in [3.8, 4) is 0 Å². The van der Waals surface area contributed by atoms with Gasteiger partial charge in [0.05, 0.1) is 10.4 Å². The van der Waals surface area contributed by atoms with Gasteiger partial charge in [-0.2, -0.15) is 0 Å². The topological polar surface area (TPSA) is 12.0 Å². The summed E-state index contributed by atoms with van der Waals surface area (Å²) in [6, 6.07) is 6.70. The Hall–Kier alpha value is -0.350. The molecule has 4 heteroatoms. The molecule has 1 atom stereocenters. The van der Waals surface area contributed by atoms with E-state index in [9.17, 15) is 0 Å². The van der Waals surface area contributed by atoms with Crippen molar-refractivity contribution in [2.45, 2.75) is 33.2 Å². The molecule has 0 saturated heterocycles. The fourth-order valence-corrected chi connectivity index (χ4v) is 4.23. The molecule has 0 aliphatic heterocycles. The van der Waals surface area contributed by atoms with Crippen molar-refractivity contribution >= 4 is 34.3 Å². The Labute approximate surface area is 122 Å². The van der Waals surface area contributed by atoms with E-state index >= 15 is 0 Å². The summed E-state index contributed by atoms with van der Waals surface area (Å²) in [6.45, 7) is 7.57. The molecule has 0 bridgehead atoms. The van der Waals surface area contributed by atoms with E-state index in [2.05, 4.69) is 38.2 Å². The third-order valence-electron chi connectivity index (χ3n) is 2.95. The van der Waals surface area contributed by atoms with E-state index in [1.807, 2.05) is 17.4 Å². The van der Waals surface area contributed by atoms with Gasteiger partial charge in [0.25, 0.3) is 0 Å². The maximum Gasteiger partial charge on any atom is 0.0931 e. The van der Waals surface area contributed by atoms with Crippen LogP contribution in [0.15, 0.2) is 18.2 Å². The number of rotatable bonds is 5. The molecule has 18 heavy (non-hydrogen) atoms. The molecular weight excluding hydrogens is 282 g/mol. The molecule has 0 aliphatic rings. The zero-order valence-electron chi connectivity index (χ0n) is 10.9. The molecule has 0 amide bonds. The van der Waals surface area contributed by atoms with Crippen LogP contribution in [0, 0.1) is 13.8 Å². The average Bonchev–Trinajstić information content (AvgIpc) is 2.88. The summed E-state index contributed by atoms with van der Waals surface area (Å²) in [5.41, 5.74) is 1.38. The van der Waals surface area contributed by atoms with Gasteiger partial charge in [0.2, 0.25) is 0 Å². The summed E-state index contributed by atoms with van der Waals surface area (Å²) in [6.07, 6.45) is 1.14. The molecular formula is C14H18ClNS2. The van der Waals surface area contributed by atoms with E-state index in [0.717, 1.165) is 17.3 Å². The SMILES string of the molecule is CCCNC(c1ccc(Cl)s1)c1cc(C)c(C)s1. The largest absolute Gasteiger partial charge is 0.305 e. The third-order valence-corrected chi connectivity index (χ3v) is 5.46. The second kappa shape index (κ2) is 6.20. The highest BCUT2D eigenvalue weighted by Gasteiger charge is 2.18. The zero-order chi connectivity index (χ0) is 13.1. The fourth-order valence-electron chi connectivity index (χ4n) is 1.86. The Balaban J connectivity index is 2.30. The smallest absolute Gasteiger partial charge is 0.0931 e. The first-order chi connectivity index (χ1) is 8.61. The highest BCUT2D eigenvalue weighted by atomic mass is 35.5. The van der Waals surface area contributed by atoms with Crippen LogP contribution < -0.4 is 5.32 Å². The van der Waals surface area contributed by atoms with Gasteiger partial charge in [-0.1, -0.05) is 18.5 Å². The molecule has 1 unspecified atom stereocenters.